The lowest BCUT2D eigenvalue weighted by molar-refractivity contribution is -0.136. The number of rotatable bonds is 3. The summed E-state index contributed by atoms with van der Waals surface area (Å²) >= 11 is 0. The Morgan fingerprint density at radius 2 is 1.66 bits per heavy atom. The number of hydrogen-bond acceptors (Lipinski definition) is 4. The molecule has 0 atom stereocenters. The standard InChI is InChI=1S/C24H20F3N3O2/c1-14-3-5-16(6-4-14)13-30-23-22(15(2)29-30)18(24(25,26)27)12-19(28-23)17-7-8-20-21(11-17)32-10-9-31-20/h3-8,11-12H,9-10,13H2,1-2H3. The van der Waals surface area contributed by atoms with E-state index in [1.165, 1.54) is 4.68 Å². The van der Waals surface area contributed by atoms with Crippen molar-refractivity contribution < 1.29 is 22.6 Å². The molecule has 4 aromatic rings. The van der Waals surface area contributed by atoms with Gasteiger partial charge in [0.25, 0.3) is 0 Å². The number of hydrogen-bond donors (Lipinski definition) is 0. The van der Waals surface area contributed by atoms with Crippen LogP contribution in [0, 0.1) is 13.8 Å². The largest absolute Gasteiger partial charge is 0.486 e. The molecule has 5 rings (SSSR count). The first-order chi connectivity index (χ1) is 15.3. The Labute approximate surface area is 182 Å². The fourth-order valence-corrected chi connectivity index (χ4v) is 3.90. The smallest absolute Gasteiger partial charge is 0.417 e. The SMILES string of the molecule is Cc1ccc(Cn2nc(C)c3c(C(F)(F)F)cc(-c4ccc5c(c4)OCCO5)nc32)cc1. The molecule has 2 aromatic carbocycles. The minimum atomic E-state index is -4.55. The molecule has 0 unspecified atom stereocenters. The maximum Gasteiger partial charge on any atom is 0.417 e. The van der Waals surface area contributed by atoms with Crippen molar-refractivity contribution in [2.45, 2.75) is 26.6 Å². The molecule has 32 heavy (non-hydrogen) atoms. The van der Waals surface area contributed by atoms with E-state index in [9.17, 15) is 13.2 Å². The summed E-state index contributed by atoms with van der Waals surface area (Å²) in [5.74, 6) is 1.06. The van der Waals surface area contributed by atoms with Crippen LogP contribution in [0.15, 0.2) is 48.5 Å². The average molecular weight is 439 g/mol. The van der Waals surface area contributed by atoms with E-state index in [0.717, 1.165) is 17.2 Å². The molecule has 5 nitrogen and oxygen atoms in total. The second kappa shape index (κ2) is 7.55. The molecule has 0 fully saturated rings. The first-order valence-corrected chi connectivity index (χ1v) is 10.2. The summed E-state index contributed by atoms with van der Waals surface area (Å²) in [4.78, 5) is 4.61. The van der Waals surface area contributed by atoms with Crippen LogP contribution in [-0.4, -0.2) is 28.0 Å². The first kappa shape index (κ1) is 20.4. The van der Waals surface area contributed by atoms with Gasteiger partial charge in [0.2, 0.25) is 0 Å². The van der Waals surface area contributed by atoms with Gasteiger partial charge in [-0.05, 0) is 43.7 Å². The Balaban J connectivity index is 1.68. The summed E-state index contributed by atoms with van der Waals surface area (Å²) in [5, 5.41) is 4.42. The molecular weight excluding hydrogens is 419 g/mol. The van der Waals surface area contributed by atoms with Crippen LogP contribution in [0.25, 0.3) is 22.3 Å². The molecule has 1 aliphatic rings. The number of nitrogens with zero attached hydrogens (tertiary/aromatic N) is 3. The molecule has 0 spiro atoms. The van der Waals surface area contributed by atoms with Crippen molar-refractivity contribution >= 4 is 11.0 Å². The summed E-state index contributed by atoms with van der Waals surface area (Å²) in [5.41, 5.74) is 2.49. The van der Waals surface area contributed by atoms with Crippen LogP contribution in [0.1, 0.15) is 22.4 Å². The van der Waals surface area contributed by atoms with E-state index in [-0.39, 0.29) is 16.7 Å². The molecule has 0 saturated carbocycles. The fourth-order valence-electron chi connectivity index (χ4n) is 3.90. The van der Waals surface area contributed by atoms with E-state index in [1.54, 1.807) is 25.1 Å². The van der Waals surface area contributed by atoms with Crippen molar-refractivity contribution in [3.63, 3.8) is 0 Å². The molecule has 0 bridgehead atoms. The zero-order valence-electron chi connectivity index (χ0n) is 17.5. The molecule has 0 saturated heterocycles. The predicted octanol–water partition coefficient (Wildman–Crippen LogP) is 5.55. The van der Waals surface area contributed by atoms with E-state index in [1.807, 2.05) is 31.2 Å². The lowest BCUT2D eigenvalue weighted by Gasteiger charge is -2.19. The lowest BCUT2D eigenvalue weighted by Crippen LogP contribution is -2.15. The molecule has 164 valence electrons. The van der Waals surface area contributed by atoms with Crippen LogP contribution in [0.2, 0.25) is 0 Å². The number of aryl methyl sites for hydroxylation is 2. The van der Waals surface area contributed by atoms with Crippen molar-refractivity contribution in [3.8, 4) is 22.8 Å². The molecule has 8 heteroatoms. The van der Waals surface area contributed by atoms with Crippen molar-refractivity contribution in [1.29, 1.82) is 0 Å². The highest BCUT2D eigenvalue weighted by Crippen LogP contribution is 2.40. The quantitative estimate of drug-likeness (QED) is 0.420. The molecule has 3 heterocycles. The van der Waals surface area contributed by atoms with Gasteiger partial charge >= 0.3 is 6.18 Å². The van der Waals surface area contributed by atoms with Crippen molar-refractivity contribution in [2.24, 2.45) is 0 Å². The fraction of sp³-hybridized carbons (Fsp3) is 0.250. The summed E-state index contributed by atoms with van der Waals surface area (Å²) in [6, 6.07) is 13.9. The topological polar surface area (TPSA) is 49.2 Å². The Morgan fingerprint density at radius 1 is 0.938 bits per heavy atom. The average Bonchev–Trinajstić information content (AvgIpc) is 3.09. The van der Waals surface area contributed by atoms with Gasteiger partial charge in [-0.2, -0.15) is 18.3 Å². The number of pyridine rings is 1. The zero-order valence-corrected chi connectivity index (χ0v) is 17.5. The van der Waals surface area contributed by atoms with Crippen molar-refractivity contribution in [1.82, 2.24) is 14.8 Å². The highest BCUT2D eigenvalue weighted by atomic mass is 19.4. The van der Waals surface area contributed by atoms with E-state index >= 15 is 0 Å². The van der Waals surface area contributed by atoms with E-state index in [2.05, 4.69) is 10.1 Å². The Hall–Kier alpha value is -3.55. The maximum absolute atomic E-state index is 14.0. The van der Waals surface area contributed by atoms with Crippen LogP contribution in [0.3, 0.4) is 0 Å². The van der Waals surface area contributed by atoms with Gasteiger partial charge in [-0.25, -0.2) is 9.67 Å². The maximum atomic E-state index is 14.0. The Bertz CT molecular complexity index is 1310. The number of aromatic nitrogens is 3. The van der Waals surface area contributed by atoms with Crippen LogP contribution in [-0.2, 0) is 12.7 Å². The van der Waals surface area contributed by atoms with E-state index in [4.69, 9.17) is 9.47 Å². The normalized spacial score (nSPS) is 13.5. The zero-order chi connectivity index (χ0) is 22.5. The number of benzene rings is 2. The third kappa shape index (κ3) is 3.66. The molecule has 2 aromatic heterocycles. The molecule has 0 radical (unpaired) electrons. The molecule has 0 amide bonds. The third-order valence-corrected chi connectivity index (χ3v) is 5.47. The van der Waals surface area contributed by atoms with E-state index in [0.29, 0.717) is 42.5 Å². The van der Waals surface area contributed by atoms with Gasteiger partial charge in [0.05, 0.1) is 28.9 Å². The predicted molar refractivity (Wildman–Crippen MR) is 114 cm³/mol. The summed E-state index contributed by atoms with van der Waals surface area (Å²) in [7, 11) is 0. The van der Waals surface area contributed by atoms with Gasteiger partial charge in [0, 0.05) is 5.56 Å². The molecule has 0 N–H and O–H groups in total. The number of fused-ring (bicyclic) bond motifs is 2. The minimum absolute atomic E-state index is 0.0194. The van der Waals surface area contributed by atoms with Crippen LogP contribution < -0.4 is 9.47 Å². The molecular formula is C24H20F3N3O2. The second-order valence-electron chi connectivity index (χ2n) is 7.84. The van der Waals surface area contributed by atoms with Crippen molar-refractivity contribution in [3.05, 3.63) is 70.9 Å². The number of ether oxygens (including phenoxy) is 2. The van der Waals surface area contributed by atoms with Crippen molar-refractivity contribution in [2.75, 3.05) is 13.2 Å². The van der Waals surface area contributed by atoms with Gasteiger partial charge < -0.3 is 9.47 Å². The van der Waals surface area contributed by atoms with Crippen LogP contribution in [0.4, 0.5) is 13.2 Å². The highest BCUT2D eigenvalue weighted by Gasteiger charge is 2.35. The van der Waals surface area contributed by atoms with Crippen LogP contribution in [0.5, 0.6) is 11.5 Å². The van der Waals surface area contributed by atoms with Gasteiger partial charge in [-0.15, -0.1) is 0 Å². The van der Waals surface area contributed by atoms with Gasteiger partial charge in [-0.1, -0.05) is 29.8 Å². The van der Waals surface area contributed by atoms with Crippen LogP contribution >= 0.6 is 0 Å². The summed E-state index contributed by atoms with van der Waals surface area (Å²) < 4.78 is 54.8. The molecule has 0 aliphatic carbocycles. The summed E-state index contributed by atoms with van der Waals surface area (Å²) in [6.07, 6.45) is -4.55. The first-order valence-electron chi connectivity index (χ1n) is 10.2. The third-order valence-electron chi connectivity index (χ3n) is 5.47. The Morgan fingerprint density at radius 3 is 2.38 bits per heavy atom. The van der Waals surface area contributed by atoms with Gasteiger partial charge in [-0.3, -0.25) is 0 Å². The van der Waals surface area contributed by atoms with E-state index < -0.39 is 11.7 Å². The summed E-state index contributed by atoms with van der Waals surface area (Å²) in [6.45, 7) is 4.70. The monoisotopic (exact) mass is 439 g/mol. The Kier molecular flexibility index (Phi) is 4.80. The van der Waals surface area contributed by atoms with Gasteiger partial charge in [0.1, 0.15) is 13.2 Å². The second-order valence-corrected chi connectivity index (χ2v) is 7.84. The number of halogens is 3. The number of alkyl halides is 3. The highest BCUT2D eigenvalue weighted by molar-refractivity contribution is 5.86. The van der Waals surface area contributed by atoms with Gasteiger partial charge in [0.15, 0.2) is 17.1 Å². The molecule has 1 aliphatic heterocycles. The minimum Gasteiger partial charge on any atom is -0.486 e. The lowest BCUT2D eigenvalue weighted by atomic mass is 10.0.